The standard InChI is InChI=1S/C23H33NO5/c1-6-13-23(20(25)27-7-2)14-15-24(21(26)29-22(3,4)5)16-19(23)28-17-18-11-9-8-10-12-18/h6,8-12,19H,1,7,13-17H2,2-5H3/t19-,23+/m0/s1. The van der Waals surface area contributed by atoms with Crippen LogP contribution in [0.3, 0.4) is 0 Å². The van der Waals surface area contributed by atoms with Gasteiger partial charge in [0.25, 0.3) is 0 Å². The molecule has 1 heterocycles. The smallest absolute Gasteiger partial charge is 0.410 e. The van der Waals surface area contributed by atoms with E-state index >= 15 is 0 Å². The largest absolute Gasteiger partial charge is 0.465 e. The molecule has 0 N–H and O–H groups in total. The maximum Gasteiger partial charge on any atom is 0.410 e. The molecule has 6 heteroatoms. The van der Waals surface area contributed by atoms with Crippen LogP contribution in [0.5, 0.6) is 0 Å². The predicted octanol–water partition coefficient (Wildman–Crippen LogP) is 4.34. The van der Waals surface area contributed by atoms with Crippen molar-refractivity contribution in [1.82, 2.24) is 4.90 Å². The number of rotatable bonds is 7. The molecule has 2 rings (SSSR count). The van der Waals surface area contributed by atoms with Crippen LogP contribution < -0.4 is 0 Å². The fourth-order valence-corrected chi connectivity index (χ4v) is 3.52. The zero-order chi connectivity index (χ0) is 21.5. The highest BCUT2D eigenvalue weighted by Gasteiger charge is 2.51. The molecule has 6 nitrogen and oxygen atoms in total. The van der Waals surface area contributed by atoms with Crippen LogP contribution in [0.1, 0.15) is 46.1 Å². The lowest BCUT2D eigenvalue weighted by Crippen LogP contribution is -2.57. The number of likely N-dealkylation sites (tertiary alicyclic amines) is 1. The van der Waals surface area contributed by atoms with E-state index < -0.39 is 23.2 Å². The van der Waals surface area contributed by atoms with Gasteiger partial charge in [0.2, 0.25) is 0 Å². The van der Waals surface area contributed by atoms with E-state index in [1.807, 2.05) is 51.1 Å². The van der Waals surface area contributed by atoms with E-state index in [0.29, 0.717) is 32.6 Å². The molecule has 0 bridgehead atoms. The van der Waals surface area contributed by atoms with Crippen LogP contribution in [0.4, 0.5) is 4.79 Å². The summed E-state index contributed by atoms with van der Waals surface area (Å²) in [5.74, 6) is -0.304. The molecule has 1 amide bonds. The SMILES string of the molecule is C=CC[C@@]1(C(=O)OCC)CCN(C(=O)OC(C)(C)C)C[C@@H]1OCc1ccccc1. The van der Waals surface area contributed by atoms with Crippen molar-refractivity contribution in [1.29, 1.82) is 0 Å². The summed E-state index contributed by atoms with van der Waals surface area (Å²) in [6.45, 7) is 12.4. The number of carbonyl (C=O) groups is 2. The second kappa shape index (κ2) is 9.92. The molecule has 0 radical (unpaired) electrons. The van der Waals surface area contributed by atoms with E-state index in [0.717, 1.165) is 5.56 Å². The van der Waals surface area contributed by atoms with Crippen LogP contribution >= 0.6 is 0 Å². The van der Waals surface area contributed by atoms with E-state index in [9.17, 15) is 9.59 Å². The second-order valence-corrected chi connectivity index (χ2v) is 8.33. The summed E-state index contributed by atoms with van der Waals surface area (Å²) in [4.78, 5) is 27.2. The molecule has 0 spiro atoms. The third-order valence-corrected chi connectivity index (χ3v) is 4.97. The third kappa shape index (κ3) is 6.07. The molecular formula is C23H33NO5. The molecule has 160 valence electrons. The molecule has 2 atom stereocenters. The van der Waals surface area contributed by atoms with Gasteiger partial charge in [-0.3, -0.25) is 4.79 Å². The average molecular weight is 404 g/mol. The summed E-state index contributed by atoms with van der Waals surface area (Å²) in [5, 5.41) is 0. The normalized spacial score (nSPS) is 22.1. The zero-order valence-electron chi connectivity index (χ0n) is 18.0. The number of ether oxygens (including phenoxy) is 3. The van der Waals surface area contributed by atoms with Crippen molar-refractivity contribution in [3.05, 3.63) is 48.6 Å². The molecule has 1 aliphatic heterocycles. The average Bonchev–Trinajstić information content (AvgIpc) is 2.67. The monoisotopic (exact) mass is 403 g/mol. The van der Waals surface area contributed by atoms with Crippen LogP contribution in [0.2, 0.25) is 0 Å². The number of esters is 1. The first-order valence-electron chi connectivity index (χ1n) is 10.1. The number of hydrogen-bond donors (Lipinski definition) is 0. The number of allylic oxidation sites excluding steroid dienone is 1. The first-order chi connectivity index (χ1) is 13.7. The Bertz CT molecular complexity index is 697. The van der Waals surface area contributed by atoms with Crippen LogP contribution in [0.15, 0.2) is 43.0 Å². The number of hydrogen-bond acceptors (Lipinski definition) is 5. The molecule has 1 saturated heterocycles. The van der Waals surface area contributed by atoms with Gasteiger partial charge >= 0.3 is 12.1 Å². The quantitative estimate of drug-likeness (QED) is 0.501. The van der Waals surface area contributed by atoms with Gasteiger partial charge in [0.05, 0.1) is 25.9 Å². The molecule has 0 saturated carbocycles. The van der Waals surface area contributed by atoms with Gasteiger partial charge in [-0.1, -0.05) is 36.4 Å². The van der Waals surface area contributed by atoms with Gasteiger partial charge in [-0.05, 0) is 46.1 Å². The summed E-state index contributed by atoms with van der Waals surface area (Å²) in [5.41, 5.74) is -0.461. The fraction of sp³-hybridized carbons (Fsp3) is 0.565. The molecule has 0 aliphatic carbocycles. The van der Waals surface area contributed by atoms with Gasteiger partial charge in [-0.2, -0.15) is 0 Å². The van der Waals surface area contributed by atoms with Gasteiger partial charge in [-0.25, -0.2) is 4.79 Å². The van der Waals surface area contributed by atoms with Crippen molar-refractivity contribution in [3.63, 3.8) is 0 Å². The molecule has 1 aromatic rings. The predicted molar refractivity (Wildman–Crippen MR) is 111 cm³/mol. The highest BCUT2D eigenvalue weighted by atomic mass is 16.6. The Hall–Kier alpha value is -2.34. The van der Waals surface area contributed by atoms with Crippen molar-refractivity contribution < 1.29 is 23.8 Å². The Balaban J connectivity index is 2.25. The molecule has 1 aromatic carbocycles. The molecule has 0 aromatic heterocycles. The number of benzene rings is 1. The maximum atomic E-state index is 13.0. The van der Waals surface area contributed by atoms with Crippen LogP contribution in [-0.4, -0.2) is 48.4 Å². The van der Waals surface area contributed by atoms with E-state index in [4.69, 9.17) is 14.2 Å². The highest BCUT2D eigenvalue weighted by molar-refractivity contribution is 5.79. The molecule has 1 fully saturated rings. The topological polar surface area (TPSA) is 65.1 Å². The van der Waals surface area contributed by atoms with Crippen molar-refractivity contribution in [2.75, 3.05) is 19.7 Å². The zero-order valence-corrected chi connectivity index (χ0v) is 18.0. The molecule has 29 heavy (non-hydrogen) atoms. The van der Waals surface area contributed by atoms with Gasteiger partial charge in [0.1, 0.15) is 11.0 Å². The summed E-state index contributed by atoms with van der Waals surface area (Å²) < 4.78 is 17.1. The van der Waals surface area contributed by atoms with Crippen LogP contribution in [-0.2, 0) is 25.6 Å². The first kappa shape index (κ1) is 22.9. The summed E-state index contributed by atoms with van der Waals surface area (Å²) in [6.07, 6.45) is 1.64. The lowest BCUT2D eigenvalue weighted by atomic mass is 9.73. The Kier molecular flexibility index (Phi) is 7.85. The van der Waals surface area contributed by atoms with Gasteiger partial charge in [-0.15, -0.1) is 6.58 Å². The Morgan fingerprint density at radius 3 is 2.55 bits per heavy atom. The highest BCUT2D eigenvalue weighted by Crippen LogP contribution is 2.40. The summed E-state index contributed by atoms with van der Waals surface area (Å²) in [6, 6.07) is 9.75. The minimum atomic E-state index is -0.870. The summed E-state index contributed by atoms with van der Waals surface area (Å²) >= 11 is 0. The van der Waals surface area contributed by atoms with E-state index in [1.165, 1.54) is 0 Å². The van der Waals surface area contributed by atoms with E-state index in [-0.39, 0.29) is 12.5 Å². The second-order valence-electron chi connectivity index (χ2n) is 8.33. The Labute approximate surface area is 173 Å². The van der Waals surface area contributed by atoms with Gasteiger partial charge in [0, 0.05) is 6.54 Å². The maximum absolute atomic E-state index is 13.0. The summed E-state index contributed by atoms with van der Waals surface area (Å²) in [7, 11) is 0. The van der Waals surface area contributed by atoms with Gasteiger partial charge in [0.15, 0.2) is 0 Å². The van der Waals surface area contributed by atoms with Crippen LogP contribution in [0.25, 0.3) is 0 Å². The molecule has 1 aliphatic rings. The Morgan fingerprint density at radius 1 is 1.28 bits per heavy atom. The molecular weight excluding hydrogens is 370 g/mol. The van der Waals surface area contributed by atoms with Crippen molar-refractivity contribution in [3.8, 4) is 0 Å². The van der Waals surface area contributed by atoms with E-state index in [1.54, 1.807) is 17.9 Å². The number of nitrogens with zero attached hydrogens (tertiary/aromatic N) is 1. The van der Waals surface area contributed by atoms with Crippen molar-refractivity contribution in [2.45, 2.75) is 58.8 Å². The fourth-order valence-electron chi connectivity index (χ4n) is 3.52. The minimum Gasteiger partial charge on any atom is -0.465 e. The Morgan fingerprint density at radius 2 is 1.97 bits per heavy atom. The molecule has 0 unspecified atom stereocenters. The van der Waals surface area contributed by atoms with Crippen LogP contribution in [0, 0.1) is 5.41 Å². The number of piperidine rings is 1. The third-order valence-electron chi connectivity index (χ3n) is 4.97. The minimum absolute atomic E-state index is 0.258. The first-order valence-corrected chi connectivity index (χ1v) is 10.1. The van der Waals surface area contributed by atoms with Crippen molar-refractivity contribution in [2.24, 2.45) is 5.41 Å². The lowest BCUT2D eigenvalue weighted by Gasteiger charge is -2.45. The van der Waals surface area contributed by atoms with E-state index in [2.05, 4.69) is 6.58 Å². The number of carbonyl (C=O) groups excluding carboxylic acids is 2. The van der Waals surface area contributed by atoms with Crippen molar-refractivity contribution >= 4 is 12.1 Å². The lowest BCUT2D eigenvalue weighted by molar-refractivity contribution is -0.175. The number of amides is 1. The van der Waals surface area contributed by atoms with Gasteiger partial charge < -0.3 is 19.1 Å².